The molecule has 1 aromatic heterocycles. The topological polar surface area (TPSA) is 42.0 Å². The van der Waals surface area contributed by atoms with Gasteiger partial charge in [-0.25, -0.2) is 0 Å². The molecule has 1 amide bonds. The standard InChI is InChI=1S/C14H18N2O/c1-8-7-12(5-6-15-8)13-9(2)10(3)14(17)16-11(13)4/h5-7,9-10H,1-4H3,(H,16,17). The second-order valence-corrected chi connectivity index (χ2v) is 4.79. The first-order chi connectivity index (χ1) is 8.00. The number of rotatable bonds is 1. The lowest BCUT2D eigenvalue weighted by atomic mass is 9.81. The zero-order valence-electron chi connectivity index (χ0n) is 10.7. The van der Waals surface area contributed by atoms with E-state index in [0.29, 0.717) is 0 Å². The number of hydrogen-bond acceptors (Lipinski definition) is 2. The van der Waals surface area contributed by atoms with Crippen LogP contribution in [0.25, 0.3) is 5.57 Å². The van der Waals surface area contributed by atoms with Crippen molar-refractivity contribution in [2.24, 2.45) is 11.8 Å². The number of aryl methyl sites for hydroxylation is 1. The number of pyridine rings is 1. The third kappa shape index (κ3) is 2.09. The van der Waals surface area contributed by atoms with E-state index in [9.17, 15) is 4.79 Å². The number of amides is 1. The summed E-state index contributed by atoms with van der Waals surface area (Å²) < 4.78 is 0. The highest BCUT2D eigenvalue weighted by atomic mass is 16.1. The molecule has 1 N–H and O–H groups in total. The lowest BCUT2D eigenvalue weighted by molar-refractivity contribution is -0.125. The Labute approximate surface area is 102 Å². The maximum Gasteiger partial charge on any atom is 0.227 e. The predicted octanol–water partition coefficient (Wildman–Crippen LogP) is 2.52. The van der Waals surface area contributed by atoms with E-state index in [4.69, 9.17) is 0 Å². The van der Waals surface area contributed by atoms with Gasteiger partial charge in [0.25, 0.3) is 0 Å². The molecule has 3 nitrogen and oxygen atoms in total. The van der Waals surface area contributed by atoms with Gasteiger partial charge in [-0.05, 0) is 43.0 Å². The molecule has 17 heavy (non-hydrogen) atoms. The van der Waals surface area contributed by atoms with Crippen molar-refractivity contribution in [3.63, 3.8) is 0 Å². The van der Waals surface area contributed by atoms with E-state index in [1.807, 2.05) is 33.0 Å². The fourth-order valence-corrected chi connectivity index (χ4v) is 2.38. The number of nitrogens with one attached hydrogen (secondary N) is 1. The summed E-state index contributed by atoms with van der Waals surface area (Å²) in [5.41, 5.74) is 4.35. The van der Waals surface area contributed by atoms with E-state index in [1.165, 1.54) is 5.57 Å². The van der Waals surface area contributed by atoms with Crippen LogP contribution in [-0.4, -0.2) is 10.9 Å². The Balaban J connectivity index is 2.50. The monoisotopic (exact) mass is 230 g/mol. The van der Waals surface area contributed by atoms with E-state index < -0.39 is 0 Å². The molecule has 0 bridgehead atoms. The van der Waals surface area contributed by atoms with Crippen LogP contribution < -0.4 is 5.32 Å². The molecule has 1 aliphatic heterocycles. The Kier molecular flexibility index (Phi) is 3.01. The van der Waals surface area contributed by atoms with Crippen molar-refractivity contribution in [2.45, 2.75) is 27.7 Å². The quantitative estimate of drug-likeness (QED) is 0.805. The fraction of sp³-hybridized carbons (Fsp3) is 0.429. The van der Waals surface area contributed by atoms with Gasteiger partial charge in [-0.1, -0.05) is 13.8 Å². The fourth-order valence-electron chi connectivity index (χ4n) is 2.38. The van der Waals surface area contributed by atoms with Crippen LogP contribution in [-0.2, 0) is 4.79 Å². The molecule has 2 atom stereocenters. The molecule has 0 saturated carbocycles. The summed E-state index contributed by atoms with van der Waals surface area (Å²) in [6.45, 7) is 8.03. The SMILES string of the molecule is CC1=C(c2ccnc(C)c2)C(C)C(C)C(=O)N1. The highest BCUT2D eigenvalue weighted by Gasteiger charge is 2.30. The maximum absolute atomic E-state index is 11.7. The summed E-state index contributed by atoms with van der Waals surface area (Å²) >= 11 is 0. The Morgan fingerprint density at radius 3 is 2.59 bits per heavy atom. The van der Waals surface area contributed by atoms with Crippen molar-refractivity contribution in [2.75, 3.05) is 0 Å². The van der Waals surface area contributed by atoms with E-state index in [0.717, 1.165) is 17.0 Å². The summed E-state index contributed by atoms with van der Waals surface area (Å²) in [7, 11) is 0. The van der Waals surface area contributed by atoms with Gasteiger partial charge in [-0.15, -0.1) is 0 Å². The normalized spacial score (nSPS) is 24.8. The van der Waals surface area contributed by atoms with Gasteiger partial charge < -0.3 is 5.32 Å². The van der Waals surface area contributed by atoms with Crippen molar-refractivity contribution < 1.29 is 4.79 Å². The maximum atomic E-state index is 11.7. The van der Waals surface area contributed by atoms with Crippen LogP contribution in [0.1, 0.15) is 32.0 Å². The lowest BCUT2D eigenvalue weighted by Gasteiger charge is -2.30. The first kappa shape index (κ1) is 11.8. The summed E-state index contributed by atoms with van der Waals surface area (Å²) in [6.07, 6.45) is 1.82. The molecule has 2 heterocycles. The molecular formula is C14H18N2O. The molecule has 0 saturated heterocycles. The molecule has 2 unspecified atom stereocenters. The van der Waals surface area contributed by atoms with Crippen LogP contribution in [0.4, 0.5) is 0 Å². The first-order valence-corrected chi connectivity index (χ1v) is 5.95. The zero-order chi connectivity index (χ0) is 12.6. The minimum Gasteiger partial charge on any atom is -0.330 e. The molecule has 0 spiro atoms. The van der Waals surface area contributed by atoms with Gasteiger partial charge in [0.1, 0.15) is 0 Å². The number of hydrogen-bond donors (Lipinski definition) is 1. The number of carbonyl (C=O) groups is 1. The van der Waals surface area contributed by atoms with Crippen LogP contribution in [0.2, 0.25) is 0 Å². The molecule has 3 heteroatoms. The highest BCUT2D eigenvalue weighted by Crippen LogP contribution is 2.34. The van der Waals surface area contributed by atoms with E-state index >= 15 is 0 Å². The molecule has 0 radical (unpaired) electrons. The lowest BCUT2D eigenvalue weighted by Crippen LogP contribution is -2.37. The van der Waals surface area contributed by atoms with Gasteiger partial charge in [0.05, 0.1) is 0 Å². The van der Waals surface area contributed by atoms with Crippen molar-refractivity contribution >= 4 is 11.5 Å². The molecule has 1 aromatic rings. The van der Waals surface area contributed by atoms with Gasteiger partial charge in [0, 0.05) is 23.5 Å². The Hall–Kier alpha value is -1.64. The predicted molar refractivity (Wildman–Crippen MR) is 68.0 cm³/mol. The minimum atomic E-state index is 0.0159. The summed E-state index contributed by atoms with van der Waals surface area (Å²) in [5, 5.41) is 2.95. The Bertz CT molecular complexity index is 491. The van der Waals surface area contributed by atoms with Crippen LogP contribution in [0.15, 0.2) is 24.0 Å². The van der Waals surface area contributed by atoms with Gasteiger partial charge in [0.2, 0.25) is 5.91 Å². The average molecular weight is 230 g/mol. The van der Waals surface area contributed by atoms with Gasteiger partial charge in [-0.2, -0.15) is 0 Å². The molecule has 1 aliphatic rings. The third-order valence-electron chi connectivity index (χ3n) is 3.54. The number of aromatic nitrogens is 1. The van der Waals surface area contributed by atoms with Crippen molar-refractivity contribution in [1.29, 1.82) is 0 Å². The second-order valence-electron chi connectivity index (χ2n) is 4.79. The van der Waals surface area contributed by atoms with Gasteiger partial charge in [0.15, 0.2) is 0 Å². The zero-order valence-corrected chi connectivity index (χ0v) is 10.7. The van der Waals surface area contributed by atoms with Crippen molar-refractivity contribution in [1.82, 2.24) is 10.3 Å². The van der Waals surface area contributed by atoms with E-state index in [1.54, 1.807) is 0 Å². The van der Waals surface area contributed by atoms with Crippen molar-refractivity contribution in [3.05, 3.63) is 35.3 Å². The van der Waals surface area contributed by atoms with E-state index in [-0.39, 0.29) is 17.7 Å². The largest absolute Gasteiger partial charge is 0.330 e. The van der Waals surface area contributed by atoms with Crippen LogP contribution in [0.3, 0.4) is 0 Å². The number of carbonyl (C=O) groups excluding carboxylic acids is 1. The summed E-state index contributed by atoms with van der Waals surface area (Å²) in [6, 6.07) is 4.08. The number of nitrogens with zero attached hydrogens (tertiary/aromatic N) is 1. The Morgan fingerprint density at radius 1 is 1.24 bits per heavy atom. The molecule has 0 fully saturated rings. The third-order valence-corrected chi connectivity index (χ3v) is 3.54. The molecule has 0 aromatic carbocycles. The molecule has 0 aliphatic carbocycles. The van der Waals surface area contributed by atoms with E-state index in [2.05, 4.69) is 23.3 Å². The summed E-state index contributed by atoms with van der Waals surface area (Å²) in [5.74, 6) is 0.372. The van der Waals surface area contributed by atoms with Gasteiger partial charge >= 0.3 is 0 Å². The van der Waals surface area contributed by atoms with Gasteiger partial charge in [-0.3, -0.25) is 9.78 Å². The molecular weight excluding hydrogens is 212 g/mol. The average Bonchev–Trinajstić information content (AvgIpc) is 2.26. The van der Waals surface area contributed by atoms with Crippen LogP contribution >= 0.6 is 0 Å². The molecule has 2 rings (SSSR count). The minimum absolute atomic E-state index is 0.0159. The smallest absolute Gasteiger partial charge is 0.227 e. The Morgan fingerprint density at radius 2 is 1.94 bits per heavy atom. The first-order valence-electron chi connectivity index (χ1n) is 5.95. The van der Waals surface area contributed by atoms with Crippen molar-refractivity contribution in [3.8, 4) is 0 Å². The molecule has 90 valence electrons. The highest BCUT2D eigenvalue weighted by molar-refractivity contribution is 5.89. The number of allylic oxidation sites excluding steroid dienone is 2. The van der Waals surface area contributed by atoms with Crippen LogP contribution in [0, 0.1) is 18.8 Å². The van der Waals surface area contributed by atoms with Crippen LogP contribution in [0.5, 0.6) is 0 Å². The summed E-state index contributed by atoms with van der Waals surface area (Å²) in [4.78, 5) is 15.9. The second kappa shape index (κ2) is 4.32.